The summed E-state index contributed by atoms with van der Waals surface area (Å²) in [6.45, 7) is 5.09. The summed E-state index contributed by atoms with van der Waals surface area (Å²) in [5.74, 6) is -1.27. The average Bonchev–Trinajstić information content (AvgIpc) is 2.41. The first-order valence-corrected chi connectivity index (χ1v) is 7.08. The Morgan fingerprint density at radius 2 is 1.62 bits per heavy atom. The molecule has 2 aromatic rings. The van der Waals surface area contributed by atoms with E-state index in [1.54, 1.807) is 6.07 Å². The summed E-state index contributed by atoms with van der Waals surface area (Å²) in [5.41, 5.74) is 1.13. The molecule has 0 aliphatic heterocycles. The number of nitrogens with zero attached hydrogens (tertiary/aromatic N) is 1. The van der Waals surface area contributed by atoms with Gasteiger partial charge < -0.3 is 10.0 Å². The highest BCUT2D eigenvalue weighted by Crippen LogP contribution is 2.35. The van der Waals surface area contributed by atoms with Crippen LogP contribution in [0.1, 0.15) is 13.8 Å². The largest absolute Gasteiger partial charge is 0.508 e. The lowest BCUT2D eigenvalue weighted by Gasteiger charge is -2.23. The maximum atomic E-state index is 14.3. The van der Waals surface area contributed by atoms with Gasteiger partial charge in [-0.25, -0.2) is 8.78 Å². The molecule has 0 radical (unpaired) electrons. The summed E-state index contributed by atoms with van der Waals surface area (Å²) < 4.78 is 27.7. The number of hydrogen-bond acceptors (Lipinski definition) is 2. The van der Waals surface area contributed by atoms with Crippen molar-refractivity contribution in [3.63, 3.8) is 0 Å². The average molecular weight is 312 g/mol. The van der Waals surface area contributed by atoms with Crippen LogP contribution < -0.4 is 4.90 Å². The van der Waals surface area contributed by atoms with Gasteiger partial charge in [-0.1, -0.05) is 11.6 Å². The molecule has 0 aliphatic carbocycles. The van der Waals surface area contributed by atoms with E-state index in [4.69, 9.17) is 11.6 Å². The van der Waals surface area contributed by atoms with Crippen molar-refractivity contribution in [1.82, 2.24) is 0 Å². The summed E-state index contributed by atoms with van der Waals surface area (Å²) in [5, 5.41) is 9.70. The van der Waals surface area contributed by atoms with Crippen LogP contribution in [0.5, 0.6) is 5.75 Å². The van der Waals surface area contributed by atoms with Crippen LogP contribution in [-0.2, 0) is 0 Å². The lowest BCUT2D eigenvalue weighted by Crippen LogP contribution is -2.23. The first kappa shape index (κ1) is 15.6. The Morgan fingerprint density at radius 3 is 2.14 bits per heavy atom. The Balaban J connectivity index is 2.53. The molecular weight excluding hydrogens is 296 g/mol. The van der Waals surface area contributed by atoms with Crippen LogP contribution in [0.3, 0.4) is 0 Å². The quantitative estimate of drug-likeness (QED) is 0.873. The molecule has 0 heterocycles. The fourth-order valence-electron chi connectivity index (χ4n) is 2.31. The zero-order valence-electron chi connectivity index (χ0n) is 11.8. The molecule has 0 amide bonds. The number of halogens is 3. The van der Waals surface area contributed by atoms with Crippen molar-refractivity contribution < 1.29 is 13.9 Å². The normalized spacial score (nSPS) is 10.7. The zero-order chi connectivity index (χ0) is 15.6. The van der Waals surface area contributed by atoms with E-state index < -0.39 is 11.6 Å². The summed E-state index contributed by atoms with van der Waals surface area (Å²) in [4.78, 5) is 1.81. The van der Waals surface area contributed by atoms with Gasteiger partial charge in [-0.2, -0.15) is 0 Å². The summed E-state index contributed by atoms with van der Waals surface area (Å²) >= 11 is 6.18. The van der Waals surface area contributed by atoms with Gasteiger partial charge in [-0.3, -0.25) is 0 Å². The second-order valence-corrected chi connectivity index (χ2v) is 5.07. The predicted molar refractivity (Wildman–Crippen MR) is 82.0 cm³/mol. The van der Waals surface area contributed by atoms with Crippen molar-refractivity contribution in [3.05, 3.63) is 47.0 Å². The van der Waals surface area contributed by atoms with Crippen LogP contribution in [-0.4, -0.2) is 18.2 Å². The van der Waals surface area contributed by atoms with E-state index in [0.717, 1.165) is 6.07 Å². The smallest absolute Gasteiger partial charge is 0.148 e. The van der Waals surface area contributed by atoms with Gasteiger partial charge in [0.2, 0.25) is 0 Å². The Morgan fingerprint density at radius 1 is 1.00 bits per heavy atom. The molecule has 0 fully saturated rings. The van der Waals surface area contributed by atoms with E-state index in [1.165, 1.54) is 18.2 Å². The third kappa shape index (κ3) is 3.27. The Hall–Kier alpha value is -1.81. The van der Waals surface area contributed by atoms with Gasteiger partial charge in [-0.15, -0.1) is 0 Å². The van der Waals surface area contributed by atoms with Crippen molar-refractivity contribution in [3.8, 4) is 16.9 Å². The third-order valence-electron chi connectivity index (χ3n) is 3.31. The van der Waals surface area contributed by atoms with Crippen molar-refractivity contribution in [2.45, 2.75) is 13.8 Å². The molecule has 2 nitrogen and oxygen atoms in total. The highest BCUT2D eigenvalue weighted by atomic mass is 35.5. The third-order valence-corrected chi connectivity index (χ3v) is 3.60. The molecule has 1 N–H and O–H groups in total. The molecule has 0 bridgehead atoms. The highest BCUT2D eigenvalue weighted by molar-refractivity contribution is 6.33. The fraction of sp³-hybridized carbons (Fsp3) is 0.250. The molecule has 0 saturated heterocycles. The van der Waals surface area contributed by atoms with Crippen molar-refractivity contribution in [2.24, 2.45) is 0 Å². The van der Waals surface area contributed by atoms with E-state index >= 15 is 0 Å². The van der Waals surface area contributed by atoms with Crippen molar-refractivity contribution >= 4 is 17.3 Å². The van der Waals surface area contributed by atoms with Crippen LogP contribution in [0.4, 0.5) is 14.5 Å². The Bertz CT molecular complexity index is 613. The topological polar surface area (TPSA) is 23.5 Å². The number of aromatic hydroxyl groups is 1. The minimum atomic E-state index is -0.589. The molecule has 5 heteroatoms. The van der Waals surface area contributed by atoms with Gasteiger partial charge in [0.25, 0.3) is 0 Å². The van der Waals surface area contributed by atoms with Gasteiger partial charge >= 0.3 is 0 Å². The van der Waals surface area contributed by atoms with E-state index in [0.29, 0.717) is 29.9 Å². The van der Waals surface area contributed by atoms with Crippen molar-refractivity contribution in [1.29, 1.82) is 0 Å². The predicted octanol–water partition coefficient (Wildman–Crippen LogP) is 4.84. The standard InChI is InChI=1S/C16H16ClF2NO/c1-3-20(4-2)16-14(17)7-11(8-15(16)19)10-5-12(18)9-13(21)6-10/h5-9,21H,3-4H2,1-2H3. The van der Waals surface area contributed by atoms with Crippen LogP contribution in [0.2, 0.25) is 5.02 Å². The van der Waals surface area contributed by atoms with E-state index in [-0.39, 0.29) is 10.8 Å². The van der Waals surface area contributed by atoms with Gasteiger partial charge in [0.15, 0.2) is 0 Å². The lowest BCUT2D eigenvalue weighted by atomic mass is 10.0. The second kappa shape index (κ2) is 6.31. The molecule has 112 valence electrons. The second-order valence-electron chi connectivity index (χ2n) is 4.66. The minimum absolute atomic E-state index is 0.214. The molecule has 0 aliphatic rings. The molecule has 0 aromatic heterocycles. The molecule has 0 atom stereocenters. The number of anilines is 1. The minimum Gasteiger partial charge on any atom is -0.508 e. The Kier molecular flexibility index (Phi) is 4.68. The highest BCUT2D eigenvalue weighted by Gasteiger charge is 2.15. The van der Waals surface area contributed by atoms with E-state index in [2.05, 4.69) is 0 Å². The molecular formula is C16H16ClF2NO. The van der Waals surface area contributed by atoms with Crippen molar-refractivity contribution in [2.75, 3.05) is 18.0 Å². The fourth-order valence-corrected chi connectivity index (χ4v) is 2.64. The van der Waals surface area contributed by atoms with Crippen LogP contribution in [0.25, 0.3) is 11.1 Å². The molecule has 2 aromatic carbocycles. The zero-order valence-corrected chi connectivity index (χ0v) is 12.6. The molecule has 0 spiro atoms. The number of phenolic OH excluding ortho intramolecular Hbond substituents is 1. The maximum Gasteiger partial charge on any atom is 0.148 e. The number of benzene rings is 2. The molecule has 2 rings (SSSR count). The Labute approximate surface area is 127 Å². The van der Waals surface area contributed by atoms with E-state index in [1.807, 2.05) is 18.7 Å². The molecule has 0 unspecified atom stereocenters. The molecule has 0 saturated carbocycles. The van der Waals surface area contributed by atoms with Gasteiger partial charge in [0, 0.05) is 19.2 Å². The van der Waals surface area contributed by atoms with Crippen LogP contribution in [0, 0.1) is 11.6 Å². The number of hydrogen-bond donors (Lipinski definition) is 1. The van der Waals surface area contributed by atoms with Gasteiger partial charge in [-0.05, 0) is 49.2 Å². The van der Waals surface area contributed by atoms with Gasteiger partial charge in [0.05, 0.1) is 10.7 Å². The maximum absolute atomic E-state index is 14.3. The number of rotatable bonds is 4. The monoisotopic (exact) mass is 311 g/mol. The number of phenols is 1. The first-order valence-electron chi connectivity index (χ1n) is 6.70. The van der Waals surface area contributed by atoms with Gasteiger partial charge in [0.1, 0.15) is 17.4 Å². The SMILES string of the molecule is CCN(CC)c1c(F)cc(-c2cc(O)cc(F)c2)cc1Cl. The molecule has 21 heavy (non-hydrogen) atoms. The summed E-state index contributed by atoms with van der Waals surface area (Å²) in [7, 11) is 0. The van der Waals surface area contributed by atoms with E-state index in [9.17, 15) is 13.9 Å². The summed E-state index contributed by atoms with van der Waals surface area (Å²) in [6.07, 6.45) is 0. The lowest BCUT2D eigenvalue weighted by molar-refractivity contribution is 0.469. The summed E-state index contributed by atoms with van der Waals surface area (Å²) in [6, 6.07) is 6.46. The first-order chi connectivity index (χ1) is 9.96. The van der Waals surface area contributed by atoms with Crippen LogP contribution in [0.15, 0.2) is 30.3 Å². The van der Waals surface area contributed by atoms with Crippen LogP contribution >= 0.6 is 11.6 Å².